The molecule has 0 bridgehead atoms. The summed E-state index contributed by atoms with van der Waals surface area (Å²) in [5.74, 6) is -1.79. The van der Waals surface area contributed by atoms with E-state index in [0.717, 1.165) is 25.1 Å². The normalized spacial score (nSPS) is 26.6. The average molecular weight is 213 g/mol. The Hall–Kier alpha value is -1.00. The molecule has 0 aromatic heterocycles. The first-order valence-corrected chi connectivity index (χ1v) is 5.00. The summed E-state index contributed by atoms with van der Waals surface area (Å²) >= 11 is 0. The number of nitrogens with one attached hydrogen (secondary N) is 1. The summed E-state index contributed by atoms with van der Waals surface area (Å²) in [6.07, 6.45) is 1.40. The lowest BCUT2D eigenvalue weighted by Gasteiger charge is -2.33. The van der Waals surface area contributed by atoms with Crippen LogP contribution in [0.5, 0.6) is 0 Å². The molecule has 1 aliphatic rings. The van der Waals surface area contributed by atoms with Crippen LogP contribution in [0.25, 0.3) is 0 Å². The fourth-order valence-electron chi connectivity index (χ4n) is 1.92. The van der Waals surface area contributed by atoms with Gasteiger partial charge in [0.15, 0.2) is 11.6 Å². The van der Waals surface area contributed by atoms with Gasteiger partial charge >= 0.3 is 0 Å². The first kappa shape index (κ1) is 10.5. The highest BCUT2D eigenvalue weighted by Crippen LogP contribution is 2.28. The molecule has 0 amide bonds. The number of benzene rings is 1. The van der Waals surface area contributed by atoms with Gasteiger partial charge in [-0.2, -0.15) is 0 Å². The summed E-state index contributed by atoms with van der Waals surface area (Å²) < 4.78 is 25.7. The van der Waals surface area contributed by atoms with Gasteiger partial charge in [0.25, 0.3) is 0 Å². The lowest BCUT2D eigenvalue weighted by Crippen LogP contribution is -2.43. The van der Waals surface area contributed by atoms with Crippen LogP contribution < -0.4 is 5.32 Å². The molecule has 0 radical (unpaired) electrons. The minimum absolute atomic E-state index is 0.387. The number of halogens is 2. The van der Waals surface area contributed by atoms with Gasteiger partial charge in [0.2, 0.25) is 0 Å². The summed E-state index contributed by atoms with van der Waals surface area (Å²) in [6.45, 7) is 1.24. The second-order valence-corrected chi connectivity index (χ2v) is 3.94. The van der Waals surface area contributed by atoms with Gasteiger partial charge in [-0.1, -0.05) is 6.07 Å². The van der Waals surface area contributed by atoms with E-state index < -0.39 is 17.2 Å². The quantitative estimate of drug-likeness (QED) is 0.741. The zero-order valence-corrected chi connectivity index (χ0v) is 8.26. The van der Waals surface area contributed by atoms with E-state index in [0.29, 0.717) is 18.5 Å². The van der Waals surface area contributed by atoms with Crippen LogP contribution in [0.4, 0.5) is 8.78 Å². The van der Waals surface area contributed by atoms with Crippen LogP contribution in [0.1, 0.15) is 18.4 Å². The number of rotatable bonds is 1. The summed E-state index contributed by atoms with van der Waals surface area (Å²) in [5, 5.41) is 13.2. The molecule has 1 fully saturated rings. The molecule has 1 atom stereocenters. The van der Waals surface area contributed by atoms with Crippen molar-refractivity contribution in [1.29, 1.82) is 0 Å². The van der Waals surface area contributed by atoms with Crippen molar-refractivity contribution < 1.29 is 13.9 Å². The van der Waals surface area contributed by atoms with Gasteiger partial charge in [-0.05, 0) is 37.1 Å². The molecule has 2 rings (SSSR count). The van der Waals surface area contributed by atoms with E-state index in [1.54, 1.807) is 0 Å². The highest BCUT2D eigenvalue weighted by atomic mass is 19.2. The van der Waals surface area contributed by atoms with E-state index in [-0.39, 0.29) is 0 Å². The maximum absolute atomic E-state index is 13.0. The Morgan fingerprint density at radius 3 is 2.67 bits per heavy atom. The molecular weight excluding hydrogens is 200 g/mol. The number of hydrogen-bond donors (Lipinski definition) is 2. The van der Waals surface area contributed by atoms with Crippen LogP contribution in [0.2, 0.25) is 0 Å². The van der Waals surface area contributed by atoms with Crippen LogP contribution in [0.3, 0.4) is 0 Å². The lowest BCUT2D eigenvalue weighted by molar-refractivity contribution is 0.0119. The van der Waals surface area contributed by atoms with Crippen LogP contribution in [-0.4, -0.2) is 18.2 Å². The van der Waals surface area contributed by atoms with Crippen molar-refractivity contribution in [1.82, 2.24) is 5.32 Å². The lowest BCUT2D eigenvalue weighted by atomic mass is 9.86. The van der Waals surface area contributed by atoms with Crippen molar-refractivity contribution in [2.45, 2.75) is 18.4 Å². The molecule has 0 spiro atoms. The molecule has 0 aliphatic carbocycles. The largest absolute Gasteiger partial charge is 0.384 e. The topological polar surface area (TPSA) is 32.3 Å². The number of β-amino-alcohol motifs (C(OH)–C–C–N with tert-alkyl or cyclic N) is 1. The predicted octanol–water partition coefficient (Wildman–Crippen LogP) is 1.54. The number of aliphatic hydroxyl groups is 1. The van der Waals surface area contributed by atoms with Gasteiger partial charge in [-0.25, -0.2) is 8.78 Å². The fourth-order valence-corrected chi connectivity index (χ4v) is 1.92. The molecule has 4 heteroatoms. The zero-order chi connectivity index (χ0) is 10.9. The summed E-state index contributed by atoms with van der Waals surface area (Å²) in [6, 6.07) is 3.56. The van der Waals surface area contributed by atoms with E-state index >= 15 is 0 Å². The Morgan fingerprint density at radius 2 is 2.07 bits per heavy atom. The fraction of sp³-hybridized carbons (Fsp3) is 0.455. The zero-order valence-electron chi connectivity index (χ0n) is 8.26. The molecule has 0 saturated carbocycles. The number of piperidine rings is 1. The van der Waals surface area contributed by atoms with Crippen molar-refractivity contribution in [3.05, 3.63) is 35.4 Å². The first-order valence-electron chi connectivity index (χ1n) is 5.00. The molecule has 1 aromatic carbocycles. The summed E-state index contributed by atoms with van der Waals surface area (Å²) in [4.78, 5) is 0. The third kappa shape index (κ3) is 2.01. The monoisotopic (exact) mass is 213 g/mol. The minimum Gasteiger partial charge on any atom is -0.384 e. The third-order valence-corrected chi connectivity index (χ3v) is 2.82. The van der Waals surface area contributed by atoms with Gasteiger partial charge in [-0.15, -0.1) is 0 Å². The molecule has 1 heterocycles. The van der Waals surface area contributed by atoms with E-state index in [2.05, 4.69) is 5.32 Å². The van der Waals surface area contributed by atoms with Crippen LogP contribution in [-0.2, 0) is 5.60 Å². The van der Waals surface area contributed by atoms with E-state index in [1.807, 2.05) is 0 Å². The first-order chi connectivity index (χ1) is 7.12. The third-order valence-electron chi connectivity index (χ3n) is 2.82. The maximum Gasteiger partial charge on any atom is 0.159 e. The molecule has 1 aromatic rings. The van der Waals surface area contributed by atoms with Gasteiger partial charge in [-0.3, -0.25) is 0 Å². The predicted molar refractivity (Wildman–Crippen MR) is 52.4 cm³/mol. The van der Waals surface area contributed by atoms with Crippen molar-refractivity contribution in [2.75, 3.05) is 13.1 Å². The van der Waals surface area contributed by atoms with Crippen molar-refractivity contribution in [3.63, 3.8) is 0 Å². The molecule has 2 N–H and O–H groups in total. The molecule has 1 unspecified atom stereocenters. The number of hydrogen-bond acceptors (Lipinski definition) is 2. The molecule has 2 nitrogen and oxygen atoms in total. The van der Waals surface area contributed by atoms with Crippen LogP contribution in [0.15, 0.2) is 18.2 Å². The summed E-state index contributed by atoms with van der Waals surface area (Å²) in [5.41, 5.74) is -0.624. The highest BCUT2D eigenvalue weighted by molar-refractivity contribution is 5.25. The van der Waals surface area contributed by atoms with E-state index in [4.69, 9.17) is 0 Å². The van der Waals surface area contributed by atoms with Crippen molar-refractivity contribution >= 4 is 0 Å². The Kier molecular flexibility index (Phi) is 2.71. The van der Waals surface area contributed by atoms with E-state index in [9.17, 15) is 13.9 Å². The minimum atomic E-state index is -1.06. The smallest absolute Gasteiger partial charge is 0.159 e. The average Bonchev–Trinajstić information content (AvgIpc) is 2.23. The molecular formula is C11H13F2NO. The molecule has 15 heavy (non-hydrogen) atoms. The van der Waals surface area contributed by atoms with E-state index in [1.165, 1.54) is 6.07 Å². The standard InChI is InChI=1S/C11H13F2NO/c12-9-3-2-8(6-10(9)13)11(15)4-1-5-14-7-11/h2-3,6,14-15H,1,4-5,7H2. The maximum atomic E-state index is 13.0. The van der Waals surface area contributed by atoms with Crippen molar-refractivity contribution in [2.24, 2.45) is 0 Å². The van der Waals surface area contributed by atoms with Gasteiger partial charge in [0, 0.05) is 6.54 Å². The highest BCUT2D eigenvalue weighted by Gasteiger charge is 2.31. The van der Waals surface area contributed by atoms with Crippen molar-refractivity contribution in [3.8, 4) is 0 Å². The van der Waals surface area contributed by atoms with Crippen LogP contribution in [0, 0.1) is 11.6 Å². The SMILES string of the molecule is OC1(c2ccc(F)c(F)c2)CCCNC1. The Labute approximate surface area is 86.9 Å². The van der Waals surface area contributed by atoms with Crippen LogP contribution >= 0.6 is 0 Å². The molecule has 1 aliphatic heterocycles. The van der Waals surface area contributed by atoms with Gasteiger partial charge in [0.1, 0.15) is 5.60 Å². The molecule has 82 valence electrons. The Balaban J connectivity index is 2.31. The van der Waals surface area contributed by atoms with Gasteiger partial charge in [0.05, 0.1) is 0 Å². The van der Waals surface area contributed by atoms with Gasteiger partial charge < -0.3 is 10.4 Å². The Morgan fingerprint density at radius 1 is 1.27 bits per heavy atom. The second kappa shape index (κ2) is 3.87. The Bertz CT molecular complexity index is 362. The second-order valence-electron chi connectivity index (χ2n) is 3.94. The summed E-state index contributed by atoms with van der Waals surface area (Å²) in [7, 11) is 0. The molecule has 1 saturated heterocycles.